The summed E-state index contributed by atoms with van der Waals surface area (Å²) in [5, 5.41) is 11.7. The SMILES string of the molecule is O=C(O)CNCC1CCCN(Cc2ccccc2Br)C1. The zero-order valence-corrected chi connectivity index (χ0v) is 13.1. The first-order chi connectivity index (χ1) is 9.65. The summed E-state index contributed by atoms with van der Waals surface area (Å²) in [6.45, 7) is 3.96. The van der Waals surface area contributed by atoms with E-state index in [1.54, 1.807) is 0 Å². The fourth-order valence-corrected chi connectivity index (χ4v) is 3.12. The number of carbonyl (C=O) groups is 1. The fraction of sp³-hybridized carbons (Fsp3) is 0.533. The van der Waals surface area contributed by atoms with Crippen LogP contribution in [0.3, 0.4) is 0 Å². The molecular formula is C15H21BrN2O2. The van der Waals surface area contributed by atoms with Crippen LogP contribution in [0.1, 0.15) is 18.4 Å². The molecule has 20 heavy (non-hydrogen) atoms. The van der Waals surface area contributed by atoms with E-state index < -0.39 is 5.97 Å². The van der Waals surface area contributed by atoms with Crippen LogP contribution in [-0.4, -0.2) is 42.2 Å². The Morgan fingerprint density at radius 2 is 2.25 bits per heavy atom. The van der Waals surface area contributed by atoms with E-state index in [4.69, 9.17) is 5.11 Å². The molecular weight excluding hydrogens is 320 g/mol. The molecule has 1 aliphatic rings. The number of carboxylic acids is 1. The first kappa shape index (κ1) is 15.5. The molecule has 110 valence electrons. The van der Waals surface area contributed by atoms with Crippen LogP contribution >= 0.6 is 15.9 Å². The first-order valence-electron chi connectivity index (χ1n) is 7.03. The molecule has 5 heteroatoms. The van der Waals surface area contributed by atoms with Gasteiger partial charge in [0, 0.05) is 17.6 Å². The zero-order chi connectivity index (χ0) is 14.4. The van der Waals surface area contributed by atoms with Gasteiger partial charge in [-0.1, -0.05) is 34.1 Å². The maximum atomic E-state index is 10.5. The number of likely N-dealkylation sites (tertiary alicyclic amines) is 1. The molecule has 0 amide bonds. The highest BCUT2D eigenvalue weighted by molar-refractivity contribution is 9.10. The average Bonchev–Trinajstić information content (AvgIpc) is 2.41. The van der Waals surface area contributed by atoms with Crippen molar-refractivity contribution in [1.29, 1.82) is 0 Å². The Bertz CT molecular complexity index is 453. The molecule has 0 aromatic heterocycles. The number of hydrogen-bond acceptors (Lipinski definition) is 3. The molecule has 0 bridgehead atoms. The summed E-state index contributed by atoms with van der Waals surface area (Å²) in [6.07, 6.45) is 2.36. The molecule has 1 heterocycles. The highest BCUT2D eigenvalue weighted by atomic mass is 79.9. The third-order valence-corrected chi connectivity index (χ3v) is 4.44. The van der Waals surface area contributed by atoms with Crippen LogP contribution in [-0.2, 0) is 11.3 Å². The van der Waals surface area contributed by atoms with Gasteiger partial charge in [0.15, 0.2) is 0 Å². The van der Waals surface area contributed by atoms with Crippen LogP contribution in [0.4, 0.5) is 0 Å². The fourth-order valence-electron chi connectivity index (χ4n) is 2.71. The van der Waals surface area contributed by atoms with Crippen molar-refractivity contribution in [2.45, 2.75) is 19.4 Å². The van der Waals surface area contributed by atoms with Crippen LogP contribution in [0.25, 0.3) is 0 Å². The summed E-state index contributed by atoms with van der Waals surface area (Å²) in [7, 11) is 0. The molecule has 0 spiro atoms. The lowest BCUT2D eigenvalue weighted by molar-refractivity contribution is -0.136. The Balaban J connectivity index is 1.81. The summed E-state index contributed by atoms with van der Waals surface area (Å²) in [6, 6.07) is 8.32. The van der Waals surface area contributed by atoms with Crippen molar-refractivity contribution < 1.29 is 9.90 Å². The standard InChI is InChI=1S/C15H21BrN2O2/c16-14-6-2-1-5-13(14)11-18-7-3-4-12(10-18)8-17-9-15(19)20/h1-2,5-6,12,17H,3-4,7-11H2,(H,19,20). The molecule has 1 unspecified atom stereocenters. The van der Waals surface area contributed by atoms with Gasteiger partial charge in [0.05, 0.1) is 6.54 Å². The number of aliphatic carboxylic acids is 1. The normalized spacial score (nSPS) is 19.9. The van der Waals surface area contributed by atoms with E-state index in [-0.39, 0.29) is 6.54 Å². The summed E-state index contributed by atoms with van der Waals surface area (Å²) in [5.41, 5.74) is 1.31. The molecule has 4 nitrogen and oxygen atoms in total. The smallest absolute Gasteiger partial charge is 0.317 e. The van der Waals surface area contributed by atoms with Gasteiger partial charge in [0.25, 0.3) is 0 Å². The highest BCUT2D eigenvalue weighted by Gasteiger charge is 2.20. The van der Waals surface area contributed by atoms with E-state index in [0.717, 1.165) is 30.7 Å². The van der Waals surface area contributed by atoms with Crippen molar-refractivity contribution in [3.05, 3.63) is 34.3 Å². The second-order valence-electron chi connectivity index (χ2n) is 5.36. The largest absolute Gasteiger partial charge is 0.480 e. The molecule has 1 aliphatic heterocycles. The third kappa shape index (κ3) is 4.89. The third-order valence-electron chi connectivity index (χ3n) is 3.66. The summed E-state index contributed by atoms with van der Waals surface area (Å²) in [5.74, 6) is -0.239. The Morgan fingerprint density at radius 1 is 1.45 bits per heavy atom. The predicted octanol–water partition coefficient (Wildman–Crippen LogP) is 2.34. The van der Waals surface area contributed by atoms with E-state index in [2.05, 4.69) is 44.3 Å². The van der Waals surface area contributed by atoms with Gasteiger partial charge in [-0.25, -0.2) is 0 Å². The second kappa shape index (κ2) is 7.76. The maximum absolute atomic E-state index is 10.5. The number of halogens is 1. The minimum absolute atomic E-state index is 0.0563. The zero-order valence-electron chi connectivity index (χ0n) is 11.5. The molecule has 2 N–H and O–H groups in total. The van der Waals surface area contributed by atoms with Gasteiger partial charge in [0.2, 0.25) is 0 Å². The molecule has 1 fully saturated rings. The van der Waals surface area contributed by atoms with Gasteiger partial charge in [-0.15, -0.1) is 0 Å². The lowest BCUT2D eigenvalue weighted by atomic mass is 9.97. The van der Waals surface area contributed by atoms with E-state index >= 15 is 0 Å². The van der Waals surface area contributed by atoms with E-state index in [9.17, 15) is 4.79 Å². The van der Waals surface area contributed by atoms with Crippen molar-refractivity contribution in [2.75, 3.05) is 26.2 Å². The van der Waals surface area contributed by atoms with E-state index in [1.165, 1.54) is 18.4 Å². The van der Waals surface area contributed by atoms with Crippen LogP contribution in [0.5, 0.6) is 0 Å². The van der Waals surface area contributed by atoms with Crippen LogP contribution in [0.15, 0.2) is 28.7 Å². The number of benzene rings is 1. The van der Waals surface area contributed by atoms with Crippen LogP contribution in [0, 0.1) is 5.92 Å². The highest BCUT2D eigenvalue weighted by Crippen LogP contribution is 2.22. The van der Waals surface area contributed by atoms with Crippen molar-refractivity contribution >= 4 is 21.9 Å². The van der Waals surface area contributed by atoms with Crippen molar-refractivity contribution in [3.63, 3.8) is 0 Å². The Hall–Kier alpha value is -0.910. The van der Waals surface area contributed by atoms with Gasteiger partial charge in [-0.2, -0.15) is 0 Å². The second-order valence-corrected chi connectivity index (χ2v) is 6.21. The Morgan fingerprint density at radius 3 is 3.00 bits per heavy atom. The van der Waals surface area contributed by atoms with Gasteiger partial charge in [0.1, 0.15) is 0 Å². The number of nitrogens with one attached hydrogen (secondary N) is 1. The number of rotatable bonds is 6. The van der Waals surface area contributed by atoms with Gasteiger partial charge in [-0.3, -0.25) is 9.69 Å². The topological polar surface area (TPSA) is 52.6 Å². The number of hydrogen-bond donors (Lipinski definition) is 2. The lowest BCUT2D eigenvalue weighted by Gasteiger charge is -2.33. The minimum atomic E-state index is -0.786. The molecule has 0 saturated carbocycles. The summed E-state index contributed by atoms with van der Waals surface area (Å²) < 4.78 is 1.16. The lowest BCUT2D eigenvalue weighted by Crippen LogP contribution is -2.40. The Labute approximate surface area is 128 Å². The molecule has 0 aliphatic carbocycles. The van der Waals surface area contributed by atoms with E-state index in [1.807, 2.05) is 6.07 Å². The summed E-state index contributed by atoms with van der Waals surface area (Å²) in [4.78, 5) is 13.0. The quantitative estimate of drug-likeness (QED) is 0.834. The number of nitrogens with zero attached hydrogens (tertiary/aromatic N) is 1. The van der Waals surface area contributed by atoms with Crippen molar-refractivity contribution in [1.82, 2.24) is 10.2 Å². The van der Waals surface area contributed by atoms with Crippen molar-refractivity contribution in [3.8, 4) is 0 Å². The molecule has 1 atom stereocenters. The number of piperidine rings is 1. The first-order valence-corrected chi connectivity index (χ1v) is 7.82. The Kier molecular flexibility index (Phi) is 6.01. The molecule has 1 aromatic carbocycles. The predicted molar refractivity (Wildman–Crippen MR) is 82.6 cm³/mol. The van der Waals surface area contributed by atoms with Crippen LogP contribution < -0.4 is 5.32 Å². The molecule has 1 aromatic rings. The molecule has 0 radical (unpaired) electrons. The molecule has 2 rings (SSSR count). The summed E-state index contributed by atoms with van der Waals surface area (Å²) >= 11 is 3.59. The molecule has 1 saturated heterocycles. The van der Waals surface area contributed by atoms with Gasteiger partial charge < -0.3 is 10.4 Å². The van der Waals surface area contributed by atoms with E-state index in [0.29, 0.717) is 5.92 Å². The average molecular weight is 341 g/mol. The monoisotopic (exact) mass is 340 g/mol. The van der Waals surface area contributed by atoms with Crippen molar-refractivity contribution in [2.24, 2.45) is 5.92 Å². The number of carboxylic acid groups (broad SMARTS) is 1. The van der Waals surface area contributed by atoms with Crippen LogP contribution in [0.2, 0.25) is 0 Å². The van der Waals surface area contributed by atoms with Gasteiger partial charge >= 0.3 is 5.97 Å². The maximum Gasteiger partial charge on any atom is 0.317 e. The minimum Gasteiger partial charge on any atom is -0.480 e. The van der Waals surface area contributed by atoms with Gasteiger partial charge in [-0.05, 0) is 43.5 Å².